The molecular formula is C15H9BrN2O3. The molecule has 0 saturated heterocycles. The van der Waals surface area contributed by atoms with E-state index in [0.717, 1.165) is 21.3 Å². The predicted molar refractivity (Wildman–Crippen MR) is 83.7 cm³/mol. The Morgan fingerprint density at radius 2 is 1.86 bits per heavy atom. The predicted octanol–water partition coefficient (Wildman–Crippen LogP) is 3.85. The van der Waals surface area contributed by atoms with E-state index in [1.807, 2.05) is 18.2 Å². The third-order valence-corrected chi connectivity index (χ3v) is 3.67. The number of benzene rings is 2. The fourth-order valence-corrected chi connectivity index (χ4v) is 2.52. The van der Waals surface area contributed by atoms with Gasteiger partial charge in [0.25, 0.3) is 11.6 Å². The molecule has 3 rings (SSSR count). The molecule has 104 valence electrons. The van der Waals surface area contributed by atoms with Crippen LogP contribution in [0.3, 0.4) is 0 Å². The average Bonchev–Trinajstić information content (AvgIpc) is 2.76. The maximum atomic E-state index is 12.0. The van der Waals surface area contributed by atoms with Crippen LogP contribution in [0.2, 0.25) is 0 Å². The van der Waals surface area contributed by atoms with E-state index < -0.39 is 4.92 Å². The van der Waals surface area contributed by atoms with Crippen LogP contribution in [0.15, 0.2) is 46.9 Å². The lowest BCUT2D eigenvalue weighted by molar-refractivity contribution is -0.384. The van der Waals surface area contributed by atoms with E-state index in [2.05, 4.69) is 21.2 Å². The van der Waals surface area contributed by atoms with Gasteiger partial charge in [0.1, 0.15) is 0 Å². The van der Waals surface area contributed by atoms with Crippen LogP contribution in [0.25, 0.3) is 11.6 Å². The van der Waals surface area contributed by atoms with Gasteiger partial charge in [-0.25, -0.2) is 0 Å². The summed E-state index contributed by atoms with van der Waals surface area (Å²) in [5.74, 6) is -0.179. The maximum Gasteiger partial charge on any atom is 0.269 e. The molecular weight excluding hydrogens is 336 g/mol. The molecule has 0 unspecified atom stereocenters. The lowest BCUT2D eigenvalue weighted by Gasteiger charge is -2.00. The molecule has 1 amide bonds. The van der Waals surface area contributed by atoms with Crippen LogP contribution in [0.5, 0.6) is 0 Å². The van der Waals surface area contributed by atoms with E-state index in [1.54, 1.807) is 18.2 Å². The SMILES string of the molecule is O=C1Nc2ccc(Br)cc2C1=Cc1ccc([N+](=O)[O-])cc1. The van der Waals surface area contributed by atoms with Crippen molar-refractivity contribution in [3.8, 4) is 0 Å². The molecule has 2 aromatic carbocycles. The molecule has 5 nitrogen and oxygen atoms in total. The smallest absolute Gasteiger partial charge is 0.269 e. The summed E-state index contributed by atoms with van der Waals surface area (Å²) < 4.78 is 0.882. The molecule has 1 N–H and O–H groups in total. The van der Waals surface area contributed by atoms with Gasteiger partial charge in [-0.15, -0.1) is 0 Å². The number of non-ortho nitro benzene ring substituents is 1. The van der Waals surface area contributed by atoms with Gasteiger partial charge in [-0.3, -0.25) is 14.9 Å². The van der Waals surface area contributed by atoms with Crippen LogP contribution in [-0.4, -0.2) is 10.8 Å². The summed E-state index contributed by atoms with van der Waals surface area (Å²) in [4.78, 5) is 22.2. The van der Waals surface area contributed by atoms with Crippen LogP contribution in [0.4, 0.5) is 11.4 Å². The first-order chi connectivity index (χ1) is 10.0. The zero-order chi connectivity index (χ0) is 15.0. The highest BCUT2D eigenvalue weighted by molar-refractivity contribution is 9.10. The van der Waals surface area contributed by atoms with Gasteiger partial charge >= 0.3 is 0 Å². The van der Waals surface area contributed by atoms with Crippen molar-refractivity contribution < 1.29 is 9.72 Å². The average molecular weight is 345 g/mol. The number of nitro groups is 1. The van der Waals surface area contributed by atoms with E-state index >= 15 is 0 Å². The molecule has 2 aromatic rings. The number of nitrogens with zero attached hydrogens (tertiary/aromatic N) is 1. The highest BCUT2D eigenvalue weighted by Gasteiger charge is 2.24. The van der Waals surface area contributed by atoms with Crippen LogP contribution >= 0.6 is 15.9 Å². The third-order valence-electron chi connectivity index (χ3n) is 3.18. The number of hydrogen-bond donors (Lipinski definition) is 1. The maximum absolute atomic E-state index is 12.0. The number of fused-ring (bicyclic) bond motifs is 1. The van der Waals surface area contributed by atoms with Crippen molar-refractivity contribution in [3.63, 3.8) is 0 Å². The molecule has 0 radical (unpaired) electrons. The number of halogens is 1. The minimum absolute atomic E-state index is 0.0242. The Morgan fingerprint density at radius 3 is 2.52 bits per heavy atom. The van der Waals surface area contributed by atoms with E-state index in [4.69, 9.17) is 0 Å². The zero-order valence-corrected chi connectivity index (χ0v) is 12.3. The molecule has 21 heavy (non-hydrogen) atoms. The number of nitrogens with one attached hydrogen (secondary N) is 1. The molecule has 6 heteroatoms. The quantitative estimate of drug-likeness (QED) is 0.510. The van der Waals surface area contributed by atoms with Crippen molar-refractivity contribution in [2.75, 3.05) is 5.32 Å². The Labute approximate surface area is 128 Å². The van der Waals surface area contributed by atoms with Crippen molar-refractivity contribution in [2.45, 2.75) is 0 Å². The fraction of sp³-hybridized carbons (Fsp3) is 0. The second-order valence-electron chi connectivity index (χ2n) is 4.55. The lowest BCUT2D eigenvalue weighted by atomic mass is 10.0. The van der Waals surface area contributed by atoms with Gasteiger partial charge in [-0.05, 0) is 42.0 Å². The molecule has 0 fully saturated rings. The molecule has 0 atom stereocenters. The van der Waals surface area contributed by atoms with Crippen molar-refractivity contribution >= 4 is 44.9 Å². The lowest BCUT2D eigenvalue weighted by Crippen LogP contribution is -2.03. The van der Waals surface area contributed by atoms with Crippen molar-refractivity contribution in [2.24, 2.45) is 0 Å². The number of carbonyl (C=O) groups is 1. The zero-order valence-electron chi connectivity index (χ0n) is 10.7. The highest BCUT2D eigenvalue weighted by Crippen LogP contribution is 2.35. The summed E-state index contributed by atoms with van der Waals surface area (Å²) >= 11 is 3.38. The van der Waals surface area contributed by atoms with Crippen molar-refractivity contribution in [3.05, 3.63) is 68.2 Å². The number of rotatable bonds is 2. The van der Waals surface area contributed by atoms with Gasteiger partial charge in [-0.2, -0.15) is 0 Å². The van der Waals surface area contributed by atoms with Gasteiger partial charge in [0.05, 0.1) is 4.92 Å². The molecule has 1 heterocycles. The van der Waals surface area contributed by atoms with Crippen LogP contribution in [0.1, 0.15) is 11.1 Å². The Hall–Kier alpha value is -2.47. The number of anilines is 1. The highest BCUT2D eigenvalue weighted by atomic mass is 79.9. The van der Waals surface area contributed by atoms with Gasteiger partial charge in [-0.1, -0.05) is 15.9 Å². The Bertz CT molecular complexity index is 782. The molecule has 1 aliphatic rings. The topological polar surface area (TPSA) is 72.2 Å². The van der Waals surface area contributed by atoms with E-state index in [9.17, 15) is 14.9 Å². The van der Waals surface area contributed by atoms with E-state index in [0.29, 0.717) is 5.57 Å². The number of nitro benzene ring substituents is 1. The molecule has 0 spiro atoms. The number of carbonyl (C=O) groups excluding carboxylic acids is 1. The van der Waals surface area contributed by atoms with Crippen molar-refractivity contribution in [1.82, 2.24) is 0 Å². The van der Waals surface area contributed by atoms with E-state index in [-0.39, 0.29) is 11.6 Å². The molecule has 0 aromatic heterocycles. The number of amides is 1. The van der Waals surface area contributed by atoms with Crippen LogP contribution in [0, 0.1) is 10.1 Å². The monoisotopic (exact) mass is 344 g/mol. The summed E-state index contributed by atoms with van der Waals surface area (Å²) in [5, 5.41) is 13.4. The van der Waals surface area contributed by atoms with Gasteiger partial charge < -0.3 is 5.32 Å². The summed E-state index contributed by atoms with van der Waals surface area (Å²) in [6.45, 7) is 0. The van der Waals surface area contributed by atoms with Gasteiger partial charge in [0, 0.05) is 33.4 Å². The first-order valence-corrected chi connectivity index (χ1v) is 6.91. The fourth-order valence-electron chi connectivity index (χ4n) is 2.16. The Morgan fingerprint density at radius 1 is 1.14 bits per heavy atom. The second kappa shape index (κ2) is 5.14. The largest absolute Gasteiger partial charge is 0.321 e. The first-order valence-electron chi connectivity index (χ1n) is 6.12. The second-order valence-corrected chi connectivity index (χ2v) is 5.47. The number of hydrogen-bond acceptors (Lipinski definition) is 3. The molecule has 0 aliphatic carbocycles. The minimum atomic E-state index is -0.453. The first kappa shape index (κ1) is 13.5. The summed E-state index contributed by atoms with van der Waals surface area (Å²) in [6, 6.07) is 11.6. The molecule has 1 aliphatic heterocycles. The summed E-state index contributed by atoms with van der Waals surface area (Å²) in [6.07, 6.45) is 1.72. The van der Waals surface area contributed by atoms with Gasteiger partial charge in [0.15, 0.2) is 0 Å². The van der Waals surface area contributed by atoms with E-state index in [1.165, 1.54) is 12.1 Å². The minimum Gasteiger partial charge on any atom is -0.321 e. The molecule has 0 saturated carbocycles. The third kappa shape index (κ3) is 2.57. The van der Waals surface area contributed by atoms with Gasteiger partial charge in [0.2, 0.25) is 0 Å². The Balaban J connectivity index is 2.02. The Kier molecular flexibility index (Phi) is 3.31. The summed E-state index contributed by atoms with van der Waals surface area (Å²) in [7, 11) is 0. The van der Waals surface area contributed by atoms with Crippen LogP contribution in [-0.2, 0) is 4.79 Å². The van der Waals surface area contributed by atoms with Crippen LogP contribution < -0.4 is 5.32 Å². The summed E-state index contributed by atoms with van der Waals surface area (Å²) in [5.41, 5.74) is 2.87. The normalized spacial score (nSPS) is 14.9. The standard InChI is InChI=1S/C15H9BrN2O3/c16-10-3-6-14-12(8-10)13(15(19)17-14)7-9-1-4-11(5-2-9)18(20)21/h1-8H,(H,17,19). The molecule has 0 bridgehead atoms. The van der Waals surface area contributed by atoms with Crippen molar-refractivity contribution in [1.29, 1.82) is 0 Å².